The summed E-state index contributed by atoms with van der Waals surface area (Å²) < 4.78 is 5.98. The number of ether oxygens (including phenoxy) is 1. The van der Waals surface area contributed by atoms with Gasteiger partial charge >= 0.3 is 0 Å². The SMILES string of the molecule is OC1(C(CN2CCNCC2)c2ccc(OCCc3ccccc3)cc2)CCCCC1. The Morgan fingerprint density at radius 2 is 1.63 bits per heavy atom. The average Bonchev–Trinajstić information content (AvgIpc) is 2.80. The van der Waals surface area contributed by atoms with Crippen molar-refractivity contribution in [3.63, 3.8) is 0 Å². The minimum Gasteiger partial charge on any atom is -0.493 e. The lowest BCUT2D eigenvalue weighted by molar-refractivity contribution is -0.0316. The lowest BCUT2D eigenvalue weighted by Gasteiger charge is -2.42. The van der Waals surface area contributed by atoms with Gasteiger partial charge in [-0.25, -0.2) is 0 Å². The zero-order valence-electron chi connectivity index (χ0n) is 18.1. The molecular weight excluding hydrogens is 372 g/mol. The van der Waals surface area contributed by atoms with Crippen LogP contribution in [-0.2, 0) is 6.42 Å². The van der Waals surface area contributed by atoms with Crippen molar-refractivity contribution in [3.05, 3.63) is 65.7 Å². The molecule has 2 aromatic carbocycles. The highest BCUT2D eigenvalue weighted by atomic mass is 16.5. The van der Waals surface area contributed by atoms with Crippen LogP contribution >= 0.6 is 0 Å². The molecule has 0 spiro atoms. The number of benzene rings is 2. The first-order valence-corrected chi connectivity index (χ1v) is 11.7. The first-order chi connectivity index (χ1) is 14.7. The Morgan fingerprint density at radius 3 is 2.33 bits per heavy atom. The van der Waals surface area contributed by atoms with Crippen molar-refractivity contribution in [2.45, 2.75) is 50.0 Å². The van der Waals surface area contributed by atoms with Crippen molar-refractivity contribution >= 4 is 0 Å². The Balaban J connectivity index is 1.41. The molecule has 0 radical (unpaired) electrons. The van der Waals surface area contributed by atoms with E-state index in [1.165, 1.54) is 17.5 Å². The summed E-state index contributed by atoms with van der Waals surface area (Å²) in [5, 5.41) is 15.0. The summed E-state index contributed by atoms with van der Waals surface area (Å²) in [6.07, 6.45) is 6.26. The van der Waals surface area contributed by atoms with E-state index in [1.807, 2.05) is 6.07 Å². The van der Waals surface area contributed by atoms with E-state index in [2.05, 4.69) is 58.7 Å². The van der Waals surface area contributed by atoms with Crippen LogP contribution in [0.15, 0.2) is 54.6 Å². The van der Waals surface area contributed by atoms with Gasteiger partial charge in [0.15, 0.2) is 0 Å². The van der Waals surface area contributed by atoms with E-state index in [0.29, 0.717) is 6.61 Å². The second-order valence-corrected chi connectivity index (χ2v) is 8.92. The minimum absolute atomic E-state index is 0.161. The zero-order chi connectivity index (χ0) is 20.7. The van der Waals surface area contributed by atoms with Crippen LogP contribution in [0.2, 0.25) is 0 Å². The molecule has 2 fully saturated rings. The van der Waals surface area contributed by atoms with Crippen LogP contribution in [0.1, 0.15) is 49.1 Å². The summed E-state index contributed by atoms with van der Waals surface area (Å²) >= 11 is 0. The number of hydrogen-bond acceptors (Lipinski definition) is 4. The average molecular weight is 409 g/mol. The van der Waals surface area contributed by atoms with Gasteiger partial charge in [-0.15, -0.1) is 0 Å². The fraction of sp³-hybridized carbons (Fsp3) is 0.538. The highest BCUT2D eigenvalue weighted by Gasteiger charge is 2.39. The summed E-state index contributed by atoms with van der Waals surface area (Å²) in [7, 11) is 0. The highest BCUT2D eigenvalue weighted by Crippen LogP contribution is 2.40. The number of nitrogens with one attached hydrogen (secondary N) is 1. The number of nitrogens with zero attached hydrogens (tertiary/aromatic N) is 1. The molecule has 0 amide bonds. The third-order valence-corrected chi connectivity index (χ3v) is 6.80. The largest absolute Gasteiger partial charge is 0.493 e. The van der Waals surface area contributed by atoms with Gasteiger partial charge < -0.3 is 20.1 Å². The summed E-state index contributed by atoms with van der Waals surface area (Å²) in [5.41, 5.74) is 1.96. The van der Waals surface area contributed by atoms with Crippen molar-refractivity contribution in [2.75, 3.05) is 39.3 Å². The standard InChI is InChI=1S/C26H36N2O2/c29-26(14-5-2-6-15-26)25(21-28-18-16-27-17-19-28)23-9-11-24(12-10-23)30-20-13-22-7-3-1-4-8-22/h1,3-4,7-12,25,27,29H,2,5-6,13-21H2. The third kappa shape index (κ3) is 5.63. The predicted octanol–water partition coefficient (Wildman–Crippen LogP) is 3.99. The Morgan fingerprint density at radius 1 is 0.933 bits per heavy atom. The Hall–Kier alpha value is -1.88. The molecule has 4 nitrogen and oxygen atoms in total. The summed E-state index contributed by atoms with van der Waals surface area (Å²) in [5.74, 6) is 1.07. The highest BCUT2D eigenvalue weighted by molar-refractivity contribution is 5.32. The quantitative estimate of drug-likeness (QED) is 0.693. The maximum absolute atomic E-state index is 11.6. The Kier molecular flexibility index (Phi) is 7.42. The van der Waals surface area contributed by atoms with E-state index >= 15 is 0 Å². The van der Waals surface area contributed by atoms with Crippen molar-refractivity contribution < 1.29 is 9.84 Å². The van der Waals surface area contributed by atoms with Gasteiger partial charge in [-0.2, -0.15) is 0 Å². The minimum atomic E-state index is -0.585. The van der Waals surface area contributed by atoms with Gasteiger partial charge in [-0.3, -0.25) is 0 Å². The second-order valence-electron chi connectivity index (χ2n) is 8.92. The van der Waals surface area contributed by atoms with Crippen LogP contribution in [-0.4, -0.2) is 54.9 Å². The topological polar surface area (TPSA) is 44.7 Å². The molecule has 2 aliphatic rings. The molecule has 2 N–H and O–H groups in total. The summed E-state index contributed by atoms with van der Waals surface area (Å²) in [6.45, 7) is 5.82. The van der Waals surface area contributed by atoms with E-state index in [1.54, 1.807) is 0 Å². The molecule has 1 aliphatic heterocycles. The van der Waals surface area contributed by atoms with Crippen LogP contribution < -0.4 is 10.1 Å². The Labute approximate surface area is 181 Å². The van der Waals surface area contributed by atoms with Gasteiger partial charge in [0.1, 0.15) is 5.75 Å². The molecule has 1 atom stereocenters. The molecule has 4 rings (SSSR count). The monoisotopic (exact) mass is 408 g/mol. The Bertz CT molecular complexity index is 750. The zero-order valence-corrected chi connectivity index (χ0v) is 18.1. The molecule has 2 aromatic rings. The first-order valence-electron chi connectivity index (χ1n) is 11.7. The molecule has 4 heteroatoms. The van der Waals surface area contributed by atoms with E-state index in [-0.39, 0.29) is 5.92 Å². The normalized spacial score (nSPS) is 20.6. The smallest absolute Gasteiger partial charge is 0.119 e. The number of rotatable bonds is 8. The van der Waals surface area contributed by atoms with Gasteiger partial charge in [0.25, 0.3) is 0 Å². The lowest BCUT2D eigenvalue weighted by Crippen LogP contribution is -2.49. The lowest BCUT2D eigenvalue weighted by atomic mass is 9.72. The van der Waals surface area contributed by atoms with Crippen molar-refractivity contribution in [3.8, 4) is 5.75 Å². The molecule has 1 unspecified atom stereocenters. The van der Waals surface area contributed by atoms with Gasteiger partial charge in [0, 0.05) is 45.1 Å². The molecule has 0 bridgehead atoms. The van der Waals surface area contributed by atoms with Gasteiger partial charge in [0.2, 0.25) is 0 Å². The van der Waals surface area contributed by atoms with Crippen molar-refractivity contribution in [1.82, 2.24) is 10.2 Å². The summed E-state index contributed by atoms with van der Waals surface area (Å²) in [6, 6.07) is 19.0. The van der Waals surface area contributed by atoms with Crippen molar-refractivity contribution in [2.24, 2.45) is 0 Å². The van der Waals surface area contributed by atoms with Crippen LogP contribution in [0.4, 0.5) is 0 Å². The van der Waals surface area contributed by atoms with Crippen LogP contribution in [0.25, 0.3) is 0 Å². The molecule has 30 heavy (non-hydrogen) atoms. The third-order valence-electron chi connectivity index (χ3n) is 6.80. The fourth-order valence-corrected chi connectivity index (χ4v) is 4.98. The number of aliphatic hydroxyl groups is 1. The first kappa shape index (κ1) is 21.4. The molecule has 1 heterocycles. The van der Waals surface area contributed by atoms with Crippen LogP contribution in [0, 0.1) is 0 Å². The van der Waals surface area contributed by atoms with Crippen LogP contribution in [0.3, 0.4) is 0 Å². The molecule has 1 saturated carbocycles. The van der Waals surface area contributed by atoms with E-state index in [4.69, 9.17) is 4.74 Å². The maximum atomic E-state index is 11.6. The van der Waals surface area contributed by atoms with Gasteiger partial charge in [-0.1, -0.05) is 61.7 Å². The van der Waals surface area contributed by atoms with E-state index < -0.39 is 5.60 Å². The molecule has 1 saturated heterocycles. The van der Waals surface area contributed by atoms with E-state index in [0.717, 1.165) is 70.6 Å². The van der Waals surface area contributed by atoms with Crippen molar-refractivity contribution in [1.29, 1.82) is 0 Å². The molecule has 162 valence electrons. The van der Waals surface area contributed by atoms with Gasteiger partial charge in [0.05, 0.1) is 12.2 Å². The molecule has 1 aliphatic carbocycles. The summed E-state index contributed by atoms with van der Waals surface area (Å²) in [4.78, 5) is 2.51. The van der Waals surface area contributed by atoms with Gasteiger partial charge in [-0.05, 0) is 36.1 Å². The number of hydrogen-bond donors (Lipinski definition) is 2. The van der Waals surface area contributed by atoms with E-state index in [9.17, 15) is 5.11 Å². The second kappa shape index (κ2) is 10.4. The molecule has 0 aromatic heterocycles. The predicted molar refractivity (Wildman–Crippen MR) is 122 cm³/mol. The maximum Gasteiger partial charge on any atom is 0.119 e. The fourth-order valence-electron chi connectivity index (χ4n) is 4.98. The van der Waals surface area contributed by atoms with Crippen LogP contribution in [0.5, 0.6) is 5.75 Å². The molecular formula is C26H36N2O2. The number of piperazine rings is 1.